The molecule has 2 amide bonds. The molecule has 2 saturated carbocycles. The van der Waals surface area contributed by atoms with Gasteiger partial charge in [-0.05, 0) is 25.7 Å². The van der Waals surface area contributed by atoms with Crippen molar-refractivity contribution in [1.29, 1.82) is 0 Å². The molecule has 6 nitrogen and oxygen atoms in total. The largest absolute Gasteiger partial charge is 0.289 e. The van der Waals surface area contributed by atoms with E-state index in [1.54, 1.807) is 14.1 Å². The van der Waals surface area contributed by atoms with Crippen LogP contribution in [-0.2, 0) is 9.59 Å². The molecule has 2 aliphatic rings. The average molecular weight is 357 g/mol. The maximum Gasteiger partial charge on any atom is 0.243 e. The highest BCUT2D eigenvalue weighted by Gasteiger charge is 2.29. The Hall–Kier alpha value is -1.28. The van der Waals surface area contributed by atoms with Crippen molar-refractivity contribution in [3.05, 3.63) is 0 Å². The van der Waals surface area contributed by atoms with Gasteiger partial charge in [0.15, 0.2) is 0 Å². The van der Waals surface area contributed by atoms with Crippen LogP contribution in [0, 0.1) is 11.8 Å². The second-order valence-corrected chi connectivity index (χ2v) is 7.28. The van der Waals surface area contributed by atoms with Crippen LogP contribution in [-0.4, -0.2) is 45.9 Å². The van der Waals surface area contributed by atoms with Gasteiger partial charge in [-0.1, -0.05) is 37.3 Å². The summed E-state index contributed by atoms with van der Waals surface area (Å²) in [4.78, 5) is 25.0. The third-order valence-electron chi connectivity index (χ3n) is 4.48. The Bertz CT molecular complexity index is 460. The smallest absolute Gasteiger partial charge is 0.243 e. The van der Waals surface area contributed by atoms with Gasteiger partial charge in [0.1, 0.15) is 9.98 Å². The first-order valence-corrected chi connectivity index (χ1v) is 8.84. The molecule has 2 rings (SSSR count). The molecule has 2 fully saturated rings. The highest BCUT2D eigenvalue weighted by molar-refractivity contribution is 7.82. The molecule has 0 unspecified atom stereocenters. The summed E-state index contributed by atoms with van der Waals surface area (Å²) in [6.07, 6.45) is 6.33. The van der Waals surface area contributed by atoms with Crippen LogP contribution in [0.25, 0.3) is 0 Å². The lowest BCUT2D eigenvalue weighted by Gasteiger charge is -2.31. The molecule has 23 heavy (non-hydrogen) atoms. The van der Waals surface area contributed by atoms with Crippen LogP contribution >= 0.6 is 24.4 Å². The fraction of sp³-hybridized carbons (Fsp3) is 0.733. The van der Waals surface area contributed by atoms with Gasteiger partial charge in [-0.2, -0.15) is 0 Å². The van der Waals surface area contributed by atoms with E-state index < -0.39 is 0 Å². The number of carbonyl (C=O) groups is 2. The highest BCUT2D eigenvalue weighted by atomic mass is 32.1. The molecular weight excluding hydrogens is 332 g/mol. The van der Waals surface area contributed by atoms with Gasteiger partial charge in [-0.3, -0.25) is 30.5 Å². The predicted molar refractivity (Wildman–Crippen MR) is 96.3 cm³/mol. The van der Waals surface area contributed by atoms with Crippen LogP contribution in [0.4, 0.5) is 0 Å². The normalized spacial score (nSPS) is 17.5. The van der Waals surface area contributed by atoms with E-state index >= 15 is 0 Å². The minimum Gasteiger partial charge on any atom is -0.289 e. The molecule has 2 aliphatic carbocycles. The first-order valence-electron chi connectivity index (χ1n) is 8.02. The van der Waals surface area contributed by atoms with Crippen molar-refractivity contribution in [3.8, 4) is 0 Å². The molecule has 0 aliphatic heterocycles. The molecule has 0 heterocycles. The Kier molecular flexibility index (Phi) is 6.29. The van der Waals surface area contributed by atoms with Gasteiger partial charge in [0.05, 0.1) is 6.42 Å². The predicted octanol–water partition coefficient (Wildman–Crippen LogP) is 1.56. The first-order chi connectivity index (χ1) is 10.9. The van der Waals surface area contributed by atoms with E-state index in [0.29, 0.717) is 16.4 Å². The van der Waals surface area contributed by atoms with Crippen molar-refractivity contribution in [3.63, 3.8) is 0 Å². The zero-order chi connectivity index (χ0) is 17.0. The summed E-state index contributed by atoms with van der Waals surface area (Å²) in [5.41, 5.74) is 5.78. The van der Waals surface area contributed by atoms with Crippen LogP contribution in [0.15, 0.2) is 0 Å². The number of hydrazine groups is 2. The minimum atomic E-state index is 0.0646. The molecule has 0 atom stereocenters. The summed E-state index contributed by atoms with van der Waals surface area (Å²) < 4.78 is 0. The number of amides is 2. The topological polar surface area (TPSA) is 64.7 Å². The molecule has 0 aromatic rings. The fourth-order valence-corrected chi connectivity index (χ4v) is 3.22. The molecule has 2 N–H and O–H groups in total. The van der Waals surface area contributed by atoms with Gasteiger partial charge in [0.25, 0.3) is 0 Å². The van der Waals surface area contributed by atoms with Crippen LogP contribution in [0.2, 0.25) is 0 Å². The van der Waals surface area contributed by atoms with Crippen LogP contribution in [0.5, 0.6) is 0 Å². The Morgan fingerprint density at radius 3 is 1.48 bits per heavy atom. The molecule has 0 aromatic heterocycles. The third-order valence-corrected chi connectivity index (χ3v) is 4.95. The quantitative estimate of drug-likeness (QED) is 0.589. The van der Waals surface area contributed by atoms with Crippen molar-refractivity contribution in [2.45, 2.75) is 44.9 Å². The standard InChI is InChI=1S/C15H24N4O2S2/c1-18(14(20)10-5-3-6-10)16-12(22)9-13(23)17-19(2)15(21)11-7-4-8-11/h10-11H,3-9H2,1-2H3,(H,16,22)(H,17,23). The highest BCUT2D eigenvalue weighted by Crippen LogP contribution is 2.28. The summed E-state index contributed by atoms with van der Waals surface area (Å²) in [7, 11) is 3.35. The number of thiocarbonyl (C=S) groups is 2. The Balaban J connectivity index is 1.70. The lowest BCUT2D eigenvalue weighted by Crippen LogP contribution is -2.50. The molecular formula is C15H24N4O2S2. The van der Waals surface area contributed by atoms with Gasteiger partial charge in [-0.15, -0.1) is 0 Å². The van der Waals surface area contributed by atoms with Crippen molar-refractivity contribution in [2.24, 2.45) is 11.8 Å². The lowest BCUT2D eigenvalue weighted by molar-refractivity contribution is -0.139. The number of nitrogens with zero attached hydrogens (tertiary/aromatic N) is 2. The summed E-state index contributed by atoms with van der Waals surface area (Å²) in [5, 5.41) is 2.88. The van der Waals surface area contributed by atoms with E-state index in [1.165, 1.54) is 10.0 Å². The maximum atomic E-state index is 12.0. The fourth-order valence-electron chi connectivity index (χ4n) is 2.57. The molecule has 8 heteroatoms. The zero-order valence-electron chi connectivity index (χ0n) is 13.6. The second kappa shape index (κ2) is 8.01. The van der Waals surface area contributed by atoms with Crippen molar-refractivity contribution in [2.75, 3.05) is 14.1 Å². The number of rotatable bonds is 4. The van der Waals surface area contributed by atoms with Crippen molar-refractivity contribution < 1.29 is 9.59 Å². The molecule has 128 valence electrons. The Morgan fingerprint density at radius 2 is 1.22 bits per heavy atom. The number of nitrogens with one attached hydrogen (secondary N) is 2. The third kappa shape index (κ3) is 4.84. The molecule has 0 aromatic carbocycles. The van der Waals surface area contributed by atoms with Gasteiger partial charge in [0.2, 0.25) is 11.8 Å². The van der Waals surface area contributed by atoms with E-state index in [0.717, 1.165) is 38.5 Å². The summed E-state index contributed by atoms with van der Waals surface area (Å²) in [6, 6.07) is 0. The van der Waals surface area contributed by atoms with E-state index in [-0.39, 0.29) is 23.7 Å². The van der Waals surface area contributed by atoms with Gasteiger partial charge in [0, 0.05) is 25.9 Å². The molecule has 0 saturated heterocycles. The van der Waals surface area contributed by atoms with Crippen LogP contribution in [0.3, 0.4) is 0 Å². The number of hydrogen-bond donors (Lipinski definition) is 2. The van der Waals surface area contributed by atoms with Crippen molar-refractivity contribution in [1.82, 2.24) is 20.9 Å². The first kappa shape index (κ1) is 18.1. The summed E-state index contributed by atoms with van der Waals surface area (Å²) in [5.74, 6) is 0.364. The number of carbonyl (C=O) groups excluding carboxylic acids is 2. The van der Waals surface area contributed by atoms with Gasteiger partial charge >= 0.3 is 0 Å². The molecule has 0 spiro atoms. The monoisotopic (exact) mass is 356 g/mol. The van der Waals surface area contributed by atoms with E-state index in [9.17, 15) is 9.59 Å². The number of hydrogen-bond acceptors (Lipinski definition) is 4. The molecule has 0 radical (unpaired) electrons. The molecule has 0 bridgehead atoms. The van der Waals surface area contributed by atoms with E-state index in [2.05, 4.69) is 10.9 Å². The van der Waals surface area contributed by atoms with E-state index in [4.69, 9.17) is 24.4 Å². The maximum absolute atomic E-state index is 12.0. The minimum absolute atomic E-state index is 0.0646. The van der Waals surface area contributed by atoms with Crippen LogP contribution < -0.4 is 10.9 Å². The van der Waals surface area contributed by atoms with Crippen molar-refractivity contribution >= 4 is 46.2 Å². The Labute approximate surface area is 147 Å². The van der Waals surface area contributed by atoms with E-state index in [1.807, 2.05) is 0 Å². The lowest BCUT2D eigenvalue weighted by atomic mass is 9.85. The summed E-state index contributed by atoms with van der Waals surface area (Å²) in [6.45, 7) is 0. The van der Waals surface area contributed by atoms with Crippen LogP contribution in [0.1, 0.15) is 44.9 Å². The zero-order valence-corrected chi connectivity index (χ0v) is 15.3. The summed E-state index contributed by atoms with van der Waals surface area (Å²) >= 11 is 10.5. The second-order valence-electron chi connectivity index (χ2n) is 6.30. The average Bonchev–Trinajstić information content (AvgIpc) is 2.33. The van der Waals surface area contributed by atoms with Gasteiger partial charge < -0.3 is 0 Å². The SMILES string of the molecule is CN(NC(=S)CC(=S)NN(C)C(=O)C1CCC1)C(=O)C1CCC1. The van der Waals surface area contributed by atoms with Gasteiger partial charge in [-0.25, -0.2) is 0 Å². The Morgan fingerprint density at radius 1 is 0.870 bits per heavy atom.